The van der Waals surface area contributed by atoms with Gasteiger partial charge in [0, 0.05) is 25.0 Å². The lowest BCUT2D eigenvalue weighted by molar-refractivity contribution is -0.193. The summed E-state index contributed by atoms with van der Waals surface area (Å²) in [4.78, 5) is 34.0. The highest BCUT2D eigenvalue weighted by Crippen LogP contribution is 2.44. The Kier molecular flexibility index (Phi) is 4.30. The minimum atomic E-state index is -4.13. The van der Waals surface area contributed by atoms with Crippen molar-refractivity contribution in [1.29, 1.82) is 0 Å². The number of pyridine rings is 1. The molecule has 29 heavy (non-hydrogen) atoms. The first-order valence-corrected chi connectivity index (χ1v) is 8.70. The average Bonchev–Trinajstić information content (AvgIpc) is 2.68. The Balaban J connectivity index is 1.87. The first-order valence-electron chi connectivity index (χ1n) is 8.70. The van der Waals surface area contributed by atoms with Crippen LogP contribution in [0.1, 0.15) is 24.4 Å². The van der Waals surface area contributed by atoms with Crippen molar-refractivity contribution >= 4 is 22.5 Å². The Morgan fingerprint density at radius 2 is 2.03 bits per heavy atom. The third-order valence-corrected chi connectivity index (χ3v) is 4.76. The molecule has 0 aliphatic carbocycles. The van der Waals surface area contributed by atoms with E-state index in [1.54, 1.807) is 0 Å². The lowest BCUT2D eigenvalue weighted by atomic mass is 10.1. The number of anilines is 1. The highest BCUT2D eigenvalue weighted by Gasteiger charge is 2.51. The van der Waals surface area contributed by atoms with Crippen molar-refractivity contribution in [3.05, 3.63) is 58.4 Å². The molecule has 1 aromatic carbocycles. The summed E-state index contributed by atoms with van der Waals surface area (Å²) >= 11 is 0. The van der Waals surface area contributed by atoms with Gasteiger partial charge in [-0.05, 0) is 19.1 Å². The minimum absolute atomic E-state index is 0.0587. The number of benzene rings is 1. The third-order valence-electron chi connectivity index (χ3n) is 4.76. The molecule has 1 amide bonds. The zero-order valence-electron chi connectivity index (χ0n) is 15.5. The number of nitrogens with zero attached hydrogens (tertiary/aromatic N) is 4. The Labute approximate surface area is 163 Å². The number of carbonyl (C=O) groups excluding carboxylic acids is 1. The summed E-state index contributed by atoms with van der Waals surface area (Å²) < 4.78 is 34.4. The molecule has 1 N–H and O–H groups in total. The molecule has 1 aliphatic rings. The fourth-order valence-electron chi connectivity index (χ4n) is 3.23. The molecule has 0 unspecified atom stereocenters. The number of halogens is 2. The van der Waals surface area contributed by atoms with Crippen LogP contribution in [0, 0.1) is 0 Å². The van der Waals surface area contributed by atoms with E-state index in [1.165, 1.54) is 55.2 Å². The minimum Gasteiger partial charge on any atom is -0.423 e. The zero-order valence-corrected chi connectivity index (χ0v) is 15.5. The average molecular weight is 402 g/mol. The van der Waals surface area contributed by atoms with Gasteiger partial charge in [0.25, 0.3) is 5.56 Å². The van der Waals surface area contributed by atoms with E-state index in [0.29, 0.717) is 5.52 Å². The zero-order chi connectivity index (χ0) is 20.9. The van der Waals surface area contributed by atoms with E-state index in [2.05, 4.69) is 14.7 Å². The Morgan fingerprint density at radius 1 is 1.28 bits per heavy atom. The second-order valence-corrected chi connectivity index (χ2v) is 6.67. The van der Waals surface area contributed by atoms with Crippen LogP contribution in [0.2, 0.25) is 0 Å². The molecule has 0 bridgehead atoms. The van der Waals surface area contributed by atoms with Crippen LogP contribution in [0.15, 0.2) is 41.5 Å². The molecule has 4 rings (SSSR count). The number of aliphatic hydroxyl groups excluding tert-OH is 1. The van der Waals surface area contributed by atoms with Gasteiger partial charge in [0.05, 0.1) is 29.2 Å². The van der Waals surface area contributed by atoms with Crippen molar-refractivity contribution in [3.63, 3.8) is 0 Å². The number of carbonyl (C=O) groups is 1. The molecule has 0 saturated carbocycles. The van der Waals surface area contributed by atoms with Gasteiger partial charge < -0.3 is 9.84 Å². The van der Waals surface area contributed by atoms with Crippen LogP contribution in [0.5, 0.6) is 5.75 Å². The van der Waals surface area contributed by atoms with Gasteiger partial charge in [0.2, 0.25) is 0 Å². The highest BCUT2D eigenvalue weighted by molar-refractivity contribution is 6.01. The fourth-order valence-corrected chi connectivity index (χ4v) is 3.23. The number of hydrogen-bond donors (Lipinski definition) is 1. The lowest BCUT2D eigenvalue weighted by Gasteiger charge is -2.34. The normalized spacial score (nSPS) is 16.4. The van der Waals surface area contributed by atoms with E-state index in [1.807, 2.05) is 0 Å². The fraction of sp³-hybridized carbons (Fsp3) is 0.263. The molecule has 1 aliphatic heterocycles. The van der Waals surface area contributed by atoms with E-state index in [4.69, 9.17) is 0 Å². The molecule has 0 saturated heterocycles. The van der Waals surface area contributed by atoms with E-state index >= 15 is 0 Å². The number of fused-ring (bicyclic) bond motifs is 2. The largest absolute Gasteiger partial charge is 0.483 e. The molecule has 3 heterocycles. The number of para-hydroxylation sites is 1. The lowest BCUT2D eigenvalue weighted by Crippen LogP contribution is -2.51. The number of rotatable bonds is 3. The van der Waals surface area contributed by atoms with Crippen molar-refractivity contribution in [2.45, 2.75) is 25.7 Å². The Bertz CT molecular complexity index is 1190. The number of aromatic nitrogens is 3. The monoisotopic (exact) mass is 402 g/mol. The van der Waals surface area contributed by atoms with Gasteiger partial charge in [-0.25, -0.2) is 4.98 Å². The molecule has 2 aromatic heterocycles. The van der Waals surface area contributed by atoms with E-state index in [-0.39, 0.29) is 28.2 Å². The number of aliphatic hydroxyl groups is 1. The van der Waals surface area contributed by atoms with E-state index < -0.39 is 30.2 Å². The van der Waals surface area contributed by atoms with Crippen molar-refractivity contribution in [3.8, 4) is 5.75 Å². The quantitative estimate of drug-likeness (QED) is 0.719. The summed E-state index contributed by atoms with van der Waals surface area (Å²) in [7, 11) is 1.44. The Hall–Kier alpha value is -3.40. The van der Waals surface area contributed by atoms with Gasteiger partial charge in [0.1, 0.15) is 5.82 Å². The van der Waals surface area contributed by atoms with Crippen molar-refractivity contribution in [2.24, 2.45) is 7.05 Å². The van der Waals surface area contributed by atoms with Gasteiger partial charge in [-0.3, -0.25) is 24.0 Å². The van der Waals surface area contributed by atoms with Gasteiger partial charge in [-0.1, -0.05) is 12.1 Å². The summed E-state index contributed by atoms with van der Waals surface area (Å²) in [6.45, 7) is 1.01. The maximum absolute atomic E-state index is 14.3. The summed E-state index contributed by atoms with van der Waals surface area (Å²) in [5.41, 5.74) is 0.0987. The summed E-state index contributed by atoms with van der Waals surface area (Å²) in [5, 5.41) is 10.2. The first kappa shape index (κ1) is 18.9. The number of alkyl halides is 2. The van der Waals surface area contributed by atoms with Crippen molar-refractivity contribution in [2.75, 3.05) is 4.90 Å². The van der Waals surface area contributed by atoms with E-state index in [0.717, 1.165) is 4.90 Å². The number of amides is 1. The maximum Gasteiger partial charge on any atom is 0.483 e. The summed E-state index contributed by atoms with van der Waals surface area (Å²) in [6.07, 6.45) is -2.40. The van der Waals surface area contributed by atoms with Crippen molar-refractivity contribution < 1.29 is 23.4 Å². The number of hydrogen-bond acceptors (Lipinski definition) is 6. The van der Waals surface area contributed by atoms with Gasteiger partial charge >= 0.3 is 12.0 Å². The molecular weight excluding hydrogens is 386 g/mol. The maximum atomic E-state index is 14.3. The molecule has 0 radical (unpaired) electrons. The van der Waals surface area contributed by atoms with Crippen LogP contribution in [0.4, 0.5) is 14.5 Å². The third kappa shape index (κ3) is 3.01. The second-order valence-electron chi connectivity index (χ2n) is 6.67. The SMILES string of the molecule is C[C@H](O)c1cccc2c1OC(F)(F)C(=O)N2Cc1nc2ccncc2c(=O)n1C. The van der Waals surface area contributed by atoms with Gasteiger partial charge in [-0.2, -0.15) is 8.78 Å². The summed E-state index contributed by atoms with van der Waals surface area (Å²) in [5.74, 6) is -1.77. The van der Waals surface area contributed by atoms with Crippen LogP contribution in [-0.4, -0.2) is 31.7 Å². The smallest absolute Gasteiger partial charge is 0.423 e. The first-order chi connectivity index (χ1) is 13.7. The molecule has 0 spiro atoms. The molecule has 0 fully saturated rings. The van der Waals surface area contributed by atoms with E-state index in [9.17, 15) is 23.5 Å². The van der Waals surface area contributed by atoms with Crippen LogP contribution >= 0.6 is 0 Å². The highest BCUT2D eigenvalue weighted by atomic mass is 19.3. The predicted molar refractivity (Wildman–Crippen MR) is 98.6 cm³/mol. The van der Waals surface area contributed by atoms with Gasteiger partial charge in [0.15, 0.2) is 5.75 Å². The van der Waals surface area contributed by atoms with Crippen LogP contribution in [0.25, 0.3) is 10.9 Å². The van der Waals surface area contributed by atoms with Gasteiger partial charge in [-0.15, -0.1) is 0 Å². The predicted octanol–water partition coefficient (Wildman–Crippen LogP) is 1.90. The second kappa shape index (κ2) is 6.59. The molecular formula is C19H16F2N4O4. The molecule has 150 valence electrons. The van der Waals surface area contributed by atoms with Crippen molar-refractivity contribution in [1.82, 2.24) is 14.5 Å². The topological polar surface area (TPSA) is 97.6 Å². The molecule has 1 atom stereocenters. The standard InChI is InChI=1S/C19H16F2N4O4/c1-10(26)11-4-3-5-14-16(11)29-19(20,21)18(28)25(14)9-15-23-13-6-7-22-8-12(13)17(27)24(15)2/h3-8,10,26H,9H2,1-2H3/t10-/m0/s1. The molecule has 8 nitrogen and oxygen atoms in total. The molecule has 3 aromatic rings. The molecule has 10 heteroatoms. The van der Waals surface area contributed by atoms with Crippen LogP contribution in [-0.2, 0) is 18.4 Å². The summed E-state index contributed by atoms with van der Waals surface area (Å²) in [6, 6.07) is 5.91. The van der Waals surface area contributed by atoms with Crippen LogP contribution in [0.3, 0.4) is 0 Å². The number of ether oxygens (including phenoxy) is 1. The van der Waals surface area contributed by atoms with Crippen LogP contribution < -0.4 is 15.2 Å². The Morgan fingerprint density at radius 3 is 2.76 bits per heavy atom.